The molecule has 120 valence electrons. The van der Waals surface area contributed by atoms with E-state index in [0.717, 1.165) is 5.56 Å². The lowest BCUT2D eigenvalue weighted by atomic mass is 10.1. The van der Waals surface area contributed by atoms with Gasteiger partial charge in [0.25, 0.3) is 0 Å². The van der Waals surface area contributed by atoms with Crippen molar-refractivity contribution in [3.63, 3.8) is 0 Å². The third-order valence-corrected chi connectivity index (χ3v) is 3.33. The first-order valence-corrected chi connectivity index (χ1v) is 7.14. The van der Waals surface area contributed by atoms with Gasteiger partial charge < -0.3 is 15.0 Å². The summed E-state index contributed by atoms with van der Waals surface area (Å²) in [5.41, 5.74) is 2.12. The fraction of sp³-hybridized carbons (Fsp3) is 0.235. The molecule has 2 rings (SSSR count). The van der Waals surface area contributed by atoms with Gasteiger partial charge >= 0.3 is 0 Å². The predicted octanol–water partition coefficient (Wildman–Crippen LogP) is 2.39. The molecule has 6 nitrogen and oxygen atoms in total. The van der Waals surface area contributed by atoms with E-state index in [1.165, 1.54) is 11.8 Å². The highest BCUT2D eigenvalue weighted by Gasteiger charge is 2.18. The number of amides is 2. The molecule has 1 aromatic heterocycles. The van der Waals surface area contributed by atoms with Crippen molar-refractivity contribution in [2.45, 2.75) is 13.8 Å². The van der Waals surface area contributed by atoms with E-state index in [-0.39, 0.29) is 18.4 Å². The molecular weight excluding hydrogens is 294 g/mol. The van der Waals surface area contributed by atoms with Crippen LogP contribution in [0.1, 0.15) is 12.5 Å². The summed E-state index contributed by atoms with van der Waals surface area (Å²) in [4.78, 5) is 29.5. The Kier molecular flexibility index (Phi) is 5.30. The van der Waals surface area contributed by atoms with Gasteiger partial charge in [0, 0.05) is 19.2 Å². The summed E-state index contributed by atoms with van der Waals surface area (Å²) >= 11 is 0. The number of carbonyl (C=O) groups is 2. The Morgan fingerprint density at radius 1 is 1.30 bits per heavy atom. The highest BCUT2D eigenvalue weighted by atomic mass is 16.5. The molecule has 0 saturated carbocycles. The number of rotatable bonds is 5. The van der Waals surface area contributed by atoms with Crippen LogP contribution in [0.25, 0.3) is 0 Å². The number of nitrogens with zero attached hydrogens (tertiary/aromatic N) is 2. The molecule has 2 aromatic rings. The molecular formula is C17H19N3O3. The molecule has 0 unspecified atom stereocenters. The molecule has 1 N–H and O–H groups in total. The first kappa shape index (κ1) is 16.5. The number of anilines is 2. The number of methoxy groups -OCH3 is 1. The number of hydrogen-bond acceptors (Lipinski definition) is 4. The van der Waals surface area contributed by atoms with Gasteiger partial charge in [-0.2, -0.15) is 0 Å². The maximum absolute atomic E-state index is 12.2. The maximum atomic E-state index is 12.2. The molecule has 0 fully saturated rings. The van der Waals surface area contributed by atoms with Crippen LogP contribution in [-0.4, -0.2) is 30.5 Å². The highest BCUT2D eigenvalue weighted by Crippen LogP contribution is 2.25. The zero-order chi connectivity index (χ0) is 16.8. The average Bonchev–Trinajstić information content (AvgIpc) is 2.54. The van der Waals surface area contributed by atoms with Crippen molar-refractivity contribution < 1.29 is 14.3 Å². The molecule has 0 bridgehead atoms. The van der Waals surface area contributed by atoms with Gasteiger partial charge in [-0.15, -0.1) is 0 Å². The average molecular weight is 313 g/mol. The van der Waals surface area contributed by atoms with Crippen molar-refractivity contribution in [1.82, 2.24) is 4.98 Å². The fourth-order valence-electron chi connectivity index (χ4n) is 2.15. The third-order valence-electron chi connectivity index (χ3n) is 3.33. The summed E-state index contributed by atoms with van der Waals surface area (Å²) in [6, 6.07) is 8.87. The standard InChI is InChI=1S/C17H19N3O3/c1-12-6-7-15(23-3)9-16(12)20(13(2)21)11-17(22)19-14-5-4-8-18-10-14/h4-10H,11H2,1-3H3,(H,19,22). The molecule has 0 aliphatic heterocycles. The molecule has 0 aliphatic carbocycles. The summed E-state index contributed by atoms with van der Waals surface area (Å²) < 4.78 is 5.19. The second-order valence-electron chi connectivity index (χ2n) is 5.05. The lowest BCUT2D eigenvalue weighted by molar-refractivity contribution is -0.120. The number of carbonyl (C=O) groups excluding carboxylic acids is 2. The van der Waals surface area contributed by atoms with E-state index in [9.17, 15) is 9.59 Å². The van der Waals surface area contributed by atoms with E-state index in [0.29, 0.717) is 17.1 Å². The summed E-state index contributed by atoms with van der Waals surface area (Å²) in [5, 5.41) is 2.72. The van der Waals surface area contributed by atoms with E-state index >= 15 is 0 Å². The van der Waals surface area contributed by atoms with Gasteiger partial charge in [0.15, 0.2) is 0 Å². The number of pyridine rings is 1. The first-order chi connectivity index (χ1) is 11.0. The minimum absolute atomic E-state index is 0.0851. The van der Waals surface area contributed by atoms with Gasteiger partial charge in [-0.05, 0) is 30.7 Å². The maximum Gasteiger partial charge on any atom is 0.244 e. The smallest absolute Gasteiger partial charge is 0.244 e. The molecule has 0 saturated heterocycles. The van der Waals surface area contributed by atoms with Gasteiger partial charge in [-0.25, -0.2) is 0 Å². The summed E-state index contributed by atoms with van der Waals surface area (Å²) in [7, 11) is 1.56. The molecule has 1 heterocycles. The SMILES string of the molecule is COc1ccc(C)c(N(CC(=O)Nc2cccnc2)C(C)=O)c1. The van der Waals surface area contributed by atoms with Crippen molar-refractivity contribution in [2.24, 2.45) is 0 Å². The Balaban J connectivity index is 2.19. The zero-order valence-electron chi connectivity index (χ0n) is 13.4. The summed E-state index contributed by atoms with van der Waals surface area (Å²) in [5.74, 6) is 0.114. The second-order valence-corrected chi connectivity index (χ2v) is 5.05. The summed E-state index contributed by atoms with van der Waals surface area (Å²) in [6.07, 6.45) is 3.17. The van der Waals surface area contributed by atoms with Crippen LogP contribution in [0.4, 0.5) is 11.4 Å². The quantitative estimate of drug-likeness (QED) is 0.920. The number of nitrogens with one attached hydrogen (secondary N) is 1. The molecule has 1 aromatic carbocycles. The number of aromatic nitrogens is 1. The lowest BCUT2D eigenvalue weighted by Crippen LogP contribution is -2.37. The molecule has 0 spiro atoms. The number of benzene rings is 1. The van der Waals surface area contributed by atoms with Crippen LogP contribution >= 0.6 is 0 Å². The lowest BCUT2D eigenvalue weighted by Gasteiger charge is -2.23. The largest absolute Gasteiger partial charge is 0.497 e. The van der Waals surface area contributed by atoms with Crippen molar-refractivity contribution in [1.29, 1.82) is 0 Å². The molecule has 23 heavy (non-hydrogen) atoms. The van der Waals surface area contributed by atoms with E-state index in [2.05, 4.69) is 10.3 Å². The molecule has 0 aliphatic rings. The van der Waals surface area contributed by atoms with Gasteiger partial charge in [-0.3, -0.25) is 14.6 Å². The minimum atomic E-state index is -0.296. The number of aryl methyl sites for hydroxylation is 1. The van der Waals surface area contributed by atoms with E-state index in [1.807, 2.05) is 19.1 Å². The Hall–Kier alpha value is -2.89. The van der Waals surface area contributed by atoms with Crippen LogP contribution < -0.4 is 15.0 Å². The molecule has 2 amide bonds. The topological polar surface area (TPSA) is 71.5 Å². The Bertz CT molecular complexity index is 701. The van der Waals surface area contributed by atoms with Crippen molar-refractivity contribution in [3.05, 3.63) is 48.3 Å². The zero-order valence-corrected chi connectivity index (χ0v) is 13.4. The van der Waals surface area contributed by atoms with Crippen LogP contribution in [-0.2, 0) is 9.59 Å². The molecule has 0 atom stereocenters. The van der Waals surface area contributed by atoms with E-state index in [4.69, 9.17) is 4.74 Å². The molecule has 6 heteroatoms. The van der Waals surface area contributed by atoms with Crippen LogP contribution in [0.5, 0.6) is 5.75 Å². The summed E-state index contributed by atoms with van der Waals surface area (Å²) in [6.45, 7) is 3.22. The normalized spacial score (nSPS) is 10.0. The monoisotopic (exact) mass is 313 g/mol. The Morgan fingerprint density at radius 2 is 2.09 bits per heavy atom. The number of ether oxygens (including phenoxy) is 1. The fourth-order valence-corrected chi connectivity index (χ4v) is 2.15. The second kappa shape index (κ2) is 7.40. The van der Waals surface area contributed by atoms with Crippen molar-refractivity contribution >= 4 is 23.2 Å². The van der Waals surface area contributed by atoms with Crippen LogP contribution in [0, 0.1) is 6.92 Å². The first-order valence-electron chi connectivity index (χ1n) is 7.14. The van der Waals surface area contributed by atoms with Crippen molar-refractivity contribution in [3.8, 4) is 5.75 Å². The minimum Gasteiger partial charge on any atom is -0.497 e. The van der Waals surface area contributed by atoms with Gasteiger partial charge in [0.05, 0.1) is 24.7 Å². The van der Waals surface area contributed by atoms with Crippen LogP contribution in [0.3, 0.4) is 0 Å². The highest BCUT2D eigenvalue weighted by molar-refractivity contribution is 6.02. The Morgan fingerprint density at radius 3 is 2.70 bits per heavy atom. The third kappa shape index (κ3) is 4.29. The molecule has 0 radical (unpaired) electrons. The van der Waals surface area contributed by atoms with Crippen molar-refractivity contribution in [2.75, 3.05) is 23.9 Å². The van der Waals surface area contributed by atoms with E-state index < -0.39 is 0 Å². The van der Waals surface area contributed by atoms with Gasteiger partial charge in [0.2, 0.25) is 11.8 Å². The predicted molar refractivity (Wildman–Crippen MR) is 88.6 cm³/mol. The van der Waals surface area contributed by atoms with Crippen LogP contribution in [0.2, 0.25) is 0 Å². The number of hydrogen-bond donors (Lipinski definition) is 1. The van der Waals surface area contributed by atoms with Gasteiger partial charge in [-0.1, -0.05) is 6.07 Å². The Labute approximate surface area is 135 Å². The van der Waals surface area contributed by atoms with Gasteiger partial charge in [0.1, 0.15) is 12.3 Å². The van der Waals surface area contributed by atoms with E-state index in [1.54, 1.807) is 37.7 Å². The van der Waals surface area contributed by atoms with Crippen LogP contribution in [0.15, 0.2) is 42.7 Å².